The fraction of sp³-hybridized carbons (Fsp3) is 0.316. The van der Waals surface area contributed by atoms with Crippen LogP contribution in [0.3, 0.4) is 0 Å². The third kappa shape index (κ3) is 4.00. The Bertz CT molecular complexity index is 942. The van der Waals surface area contributed by atoms with Crippen LogP contribution in [-0.4, -0.2) is 26.6 Å². The average Bonchev–Trinajstić information content (AvgIpc) is 3.07. The number of nitrogens with one attached hydrogen (secondary N) is 2. The Kier molecular flexibility index (Phi) is 4.90. The number of H-pyrrole nitrogens is 1. The number of aliphatic hydroxyl groups is 1. The Morgan fingerprint density at radius 1 is 1.31 bits per heavy atom. The largest absolute Gasteiger partial charge is 0.463 e. The van der Waals surface area contributed by atoms with Crippen LogP contribution in [0.25, 0.3) is 11.4 Å². The number of aromatic amines is 1. The number of pyridine rings is 1. The van der Waals surface area contributed by atoms with Crippen LogP contribution >= 0.6 is 0 Å². The van der Waals surface area contributed by atoms with Gasteiger partial charge in [-0.1, -0.05) is 6.92 Å². The van der Waals surface area contributed by atoms with Crippen molar-refractivity contribution in [3.05, 3.63) is 64.1 Å². The van der Waals surface area contributed by atoms with Crippen molar-refractivity contribution in [2.24, 2.45) is 0 Å². The molecule has 0 aliphatic rings. The fourth-order valence-corrected chi connectivity index (χ4v) is 2.54. The van der Waals surface area contributed by atoms with E-state index in [2.05, 4.69) is 20.3 Å². The highest BCUT2D eigenvalue weighted by Crippen LogP contribution is 2.23. The van der Waals surface area contributed by atoms with E-state index in [1.165, 1.54) is 6.07 Å². The Labute approximate surface area is 151 Å². The minimum Gasteiger partial charge on any atom is -0.463 e. The van der Waals surface area contributed by atoms with Crippen LogP contribution in [0.15, 0.2) is 45.7 Å². The summed E-state index contributed by atoms with van der Waals surface area (Å²) in [4.78, 5) is 23.2. The maximum absolute atomic E-state index is 11.7. The zero-order valence-electron chi connectivity index (χ0n) is 15.0. The van der Waals surface area contributed by atoms with Gasteiger partial charge in [0, 0.05) is 23.5 Å². The number of rotatable bonds is 6. The average molecular weight is 354 g/mol. The molecule has 7 heteroatoms. The lowest BCUT2D eigenvalue weighted by molar-refractivity contribution is 0.0467. The highest BCUT2D eigenvalue weighted by atomic mass is 16.4. The van der Waals surface area contributed by atoms with Crippen LogP contribution in [-0.2, 0) is 12.0 Å². The van der Waals surface area contributed by atoms with E-state index in [9.17, 15) is 9.90 Å². The lowest BCUT2D eigenvalue weighted by atomic mass is 10.0. The molecule has 3 aromatic heterocycles. The summed E-state index contributed by atoms with van der Waals surface area (Å²) < 4.78 is 5.49. The van der Waals surface area contributed by atoms with E-state index in [0.29, 0.717) is 23.8 Å². The first-order chi connectivity index (χ1) is 12.4. The molecule has 7 nitrogen and oxygen atoms in total. The summed E-state index contributed by atoms with van der Waals surface area (Å²) >= 11 is 0. The van der Waals surface area contributed by atoms with Gasteiger partial charge in [-0.15, -0.1) is 0 Å². The molecule has 1 unspecified atom stereocenters. The molecule has 0 amide bonds. The van der Waals surface area contributed by atoms with E-state index >= 15 is 0 Å². The van der Waals surface area contributed by atoms with Crippen molar-refractivity contribution in [1.82, 2.24) is 15.0 Å². The Morgan fingerprint density at radius 2 is 2.12 bits per heavy atom. The van der Waals surface area contributed by atoms with Gasteiger partial charge in [0.15, 0.2) is 0 Å². The Balaban J connectivity index is 1.72. The van der Waals surface area contributed by atoms with Crippen LogP contribution in [0.5, 0.6) is 0 Å². The maximum Gasteiger partial charge on any atom is 0.251 e. The fourth-order valence-electron chi connectivity index (χ4n) is 2.54. The van der Waals surface area contributed by atoms with Gasteiger partial charge in [0.25, 0.3) is 5.56 Å². The normalized spacial score (nSPS) is 13.4. The number of nitrogens with zero attached hydrogens (tertiary/aromatic N) is 2. The van der Waals surface area contributed by atoms with Gasteiger partial charge in [0.05, 0.1) is 6.54 Å². The van der Waals surface area contributed by atoms with E-state index in [4.69, 9.17) is 4.42 Å². The predicted octanol–water partition coefficient (Wildman–Crippen LogP) is 2.62. The van der Waals surface area contributed by atoms with Gasteiger partial charge in [0.1, 0.15) is 28.8 Å². The molecule has 0 saturated carbocycles. The van der Waals surface area contributed by atoms with E-state index in [1.807, 2.05) is 26.0 Å². The van der Waals surface area contributed by atoms with Crippen LogP contribution in [0.1, 0.15) is 31.1 Å². The van der Waals surface area contributed by atoms with E-state index in [1.54, 1.807) is 25.3 Å². The van der Waals surface area contributed by atoms with E-state index < -0.39 is 5.60 Å². The van der Waals surface area contributed by atoms with Crippen molar-refractivity contribution in [1.29, 1.82) is 0 Å². The minimum absolute atomic E-state index is 0.182. The summed E-state index contributed by atoms with van der Waals surface area (Å²) in [5.41, 5.74) is 0.114. The number of furan rings is 1. The van der Waals surface area contributed by atoms with Crippen molar-refractivity contribution in [3.8, 4) is 11.4 Å². The Morgan fingerprint density at radius 3 is 2.73 bits per heavy atom. The molecule has 1 atom stereocenters. The molecule has 3 rings (SSSR count). The van der Waals surface area contributed by atoms with Gasteiger partial charge in [-0.3, -0.25) is 4.79 Å². The molecule has 136 valence electrons. The third-order valence-electron chi connectivity index (χ3n) is 4.08. The molecular formula is C19H22N4O3. The molecule has 3 aromatic rings. The Hall–Kier alpha value is -2.93. The molecule has 0 aliphatic carbocycles. The molecule has 26 heavy (non-hydrogen) atoms. The summed E-state index contributed by atoms with van der Waals surface area (Å²) in [7, 11) is 0. The van der Waals surface area contributed by atoms with Crippen molar-refractivity contribution >= 4 is 5.82 Å². The standard InChI is InChI=1S/C19H22N4O3/c1-4-14-9-17(24)23-18(22-14)13-6-8-16(20-10-13)21-11-19(3,25)15-7-5-12(2)26-15/h5-10,25H,4,11H2,1-3H3,(H,20,21)(H,22,23,24). The summed E-state index contributed by atoms with van der Waals surface area (Å²) in [5, 5.41) is 13.6. The van der Waals surface area contributed by atoms with Gasteiger partial charge in [-0.25, -0.2) is 9.97 Å². The summed E-state index contributed by atoms with van der Waals surface area (Å²) in [5.74, 6) is 2.34. The quantitative estimate of drug-likeness (QED) is 0.629. The predicted molar refractivity (Wildman–Crippen MR) is 99.0 cm³/mol. The van der Waals surface area contributed by atoms with Gasteiger partial charge < -0.3 is 19.8 Å². The minimum atomic E-state index is -1.16. The number of hydrogen-bond acceptors (Lipinski definition) is 6. The number of hydrogen-bond donors (Lipinski definition) is 3. The van der Waals surface area contributed by atoms with E-state index in [0.717, 1.165) is 17.0 Å². The number of aromatic nitrogens is 3. The van der Waals surface area contributed by atoms with Gasteiger partial charge in [-0.05, 0) is 44.5 Å². The number of anilines is 1. The van der Waals surface area contributed by atoms with Crippen LogP contribution in [0.2, 0.25) is 0 Å². The number of aryl methyl sites for hydroxylation is 2. The molecule has 3 heterocycles. The second kappa shape index (κ2) is 7.13. The summed E-state index contributed by atoms with van der Waals surface area (Å²) in [6.07, 6.45) is 2.32. The molecule has 0 aromatic carbocycles. The first-order valence-corrected chi connectivity index (χ1v) is 8.47. The summed E-state index contributed by atoms with van der Waals surface area (Å²) in [6.45, 7) is 5.70. The zero-order chi connectivity index (χ0) is 18.7. The van der Waals surface area contributed by atoms with Gasteiger partial charge in [-0.2, -0.15) is 0 Å². The molecule has 0 aliphatic heterocycles. The molecule has 0 bridgehead atoms. The third-order valence-corrected chi connectivity index (χ3v) is 4.08. The first-order valence-electron chi connectivity index (χ1n) is 8.47. The van der Waals surface area contributed by atoms with Crippen molar-refractivity contribution in [2.45, 2.75) is 32.8 Å². The molecule has 0 fully saturated rings. The van der Waals surface area contributed by atoms with Crippen molar-refractivity contribution in [2.75, 3.05) is 11.9 Å². The zero-order valence-corrected chi connectivity index (χ0v) is 15.0. The molecule has 0 spiro atoms. The maximum atomic E-state index is 11.7. The summed E-state index contributed by atoms with van der Waals surface area (Å²) in [6, 6.07) is 8.66. The monoisotopic (exact) mass is 354 g/mol. The van der Waals surface area contributed by atoms with Crippen molar-refractivity contribution in [3.63, 3.8) is 0 Å². The lowest BCUT2D eigenvalue weighted by Gasteiger charge is -2.21. The highest BCUT2D eigenvalue weighted by Gasteiger charge is 2.26. The second-order valence-corrected chi connectivity index (χ2v) is 6.41. The van der Waals surface area contributed by atoms with Crippen LogP contribution in [0, 0.1) is 6.92 Å². The van der Waals surface area contributed by atoms with Crippen LogP contribution < -0.4 is 10.9 Å². The smallest absolute Gasteiger partial charge is 0.251 e. The SMILES string of the molecule is CCc1cc(=O)[nH]c(-c2ccc(NCC(C)(O)c3ccc(C)o3)nc2)n1. The second-order valence-electron chi connectivity index (χ2n) is 6.41. The molecular weight excluding hydrogens is 332 g/mol. The van der Waals surface area contributed by atoms with Gasteiger partial charge in [0.2, 0.25) is 0 Å². The first kappa shape index (κ1) is 17.9. The highest BCUT2D eigenvalue weighted by molar-refractivity contribution is 5.55. The topological polar surface area (TPSA) is 104 Å². The molecule has 3 N–H and O–H groups in total. The lowest BCUT2D eigenvalue weighted by Crippen LogP contribution is -2.30. The van der Waals surface area contributed by atoms with Crippen molar-refractivity contribution < 1.29 is 9.52 Å². The molecule has 0 radical (unpaired) electrons. The molecule has 0 saturated heterocycles. The van der Waals surface area contributed by atoms with Crippen LogP contribution in [0.4, 0.5) is 5.82 Å². The van der Waals surface area contributed by atoms with Gasteiger partial charge >= 0.3 is 0 Å². The van der Waals surface area contributed by atoms with E-state index in [-0.39, 0.29) is 12.1 Å².